The third-order valence-electron chi connectivity index (χ3n) is 4.86. The predicted octanol–water partition coefficient (Wildman–Crippen LogP) is 6.68. The zero-order valence-corrected chi connectivity index (χ0v) is 16.2. The molecular formula is C25H16ClN3. The maximum atomic E-state index is 6.22. The molecule has 29 heavy (non-hydrogen) atoms. The van der Waals surface area contributed by atoms with Crippen molar-refractivity contribution < 1.29 is 0 Å². The number of nitrogens with zero attached hydrogens (tertiary/aromatic N) is 3. The van der Waals surface area contributed by atoms with Gasteiger partial charge in [-0.3, -0.25) is 0 Å². The Kier molecular flexibility index (Phi) is 4.51. The van der Waals surface area contributed by atoms with Crippen molar-refractivity contribution in [1.29, 1.82) is 0 Å². The average Bonchev–Trinajstić information content (AvgIpc) is 2.79. The monoisotopic (exact) mass is 393 g/mol. The van der Waals surface area contributed by atoms with E-state index in [1.54, 1.807) is 0 Å². The van der Waals surface area contributed by atoms with Gasteiger partial charge < -0.3 is 0 Å². The van der Waals surface area contributed by atoms with Crippen molar-refractivity contribution in [3.8, 4) is 33.9 Å². The van der Waals surface area contributed by atoms with Gasteiger partial charge in [0.05, 0.1) is 0 Å². The van der Waals surface area contributed by atoms with Crippen molar-refractivity contribution in [2.75, 3.05) is 0 Å². The molecule has 3 nitrogen and oxygen atoms in total. The van der Waals surface area contributed by atoms with Crippen molar-refractivity contribution in [3.63, 3.8) is 0 Å². The molecule has 0 aliphatic carbocycles. The van der Waals surface area contributed by atoms with E-state index in [9.17, 15) is 0 Å². The van der Waals surface area contributed by atoms with E-state index < -0.39 is 0 Å². The SMILES string of the molecule is Clc1nc(-c2ccccc2)nc(-c2cccc(-c3cccc4ccccc34)c2)n1. The van der Waals surface area contributed by atoms with Gasteiger partial charge in [0.2, 0.25) is 5.28 Å². The number of benzene rings is 4. The fraction of sp³-hybridized carbons (Fsp3) is 0. The Balaban J connectivity index is 1.63. The first-order valence-electron chi connectivity index (χ1n) is 9.33. The van der Waals surface area contributed by atoms with E-state index in [0.717, 1.165) is 16.7 Å². The number of rotatable bonds is 3. The lowest BCUT2D eigenvalue weighted by atomic mass is 9.97. The minimum absolute atomic E-state index is 0.185. The molecular weight excluding hydrogens is 378 g/mol. The highest BCUT2D eigenvalue weighted by atomic mass is 35.5. The first-order valence-corrected chi connectivity index (χ1v) is 9.71. The third kappa shape index (κ3) is 3.48. The number of hydrogen-bond donors (Lipinski definition) is 0. The van der Waals surface area contributed by atoms with E-state index in [0.29, 0.717) is 11.6 Å². The second-order valence-electron chi connectivity index (χ2n) is 6.73. The van der Waals surface area contributed by atoms with Crippen molar-refractivity contribution in [3.05, 3.63) is 102 Å². The second kappa shape index (κ2) is 7.46. The van der Waals surface area contributed by atoms with E-state index in [4.69, 9.17) is 11.6 Å². The van der Waals surface area contributed by atoms with Gasteiger partial charge in [0.15, 0.2) is 11.6 Å². The second-order valence-corrected chi connectivity index (χ2v) is 7.06. The molecule has 0 N–H and O–H groups in total. The smallest absolute Gasteiger partial charge is 0.208 e. The lowest BCUT2D eigenvalue weighted by Gasteiger charge is -2.09. The van der Waals surface area contributed by atoms with Crippen LogP contribution in [0.1, 0.15) is 0 Å². The molecule has 4 heteroatoms. The van der Waals surface area contributed by atoms with Crippen molar-refractivity contribution in [1.82, 2.24) is 15.0 Å². The van der Waals surface area contributed by atoms with E-state index in [1.165, 1.54) is 16.3 Å². The molecule has 0 fully saturated rings. The van der Waals surface area contributed by atoms with Gasteiger partial charge >= 0.3 is 0 Å². The first-order chi connectivity index (χ1) is 14.3. The summed E-state index contributed by atoms with van der Waals surface area (Å²) in [4.78, 5) is 13.3. The zero-order valence-electron chi connectivity index (χ0n) is 15.5. The van der Waals surface area contributed by atoms with Crippen LogP contribution in [0.3, 0.4) is 0 Å². The Hall–Kier alpha value is -3.56. The fourth-order valence-corrected chi connectivity index (χ4v) is 3.66. The Morgan fingerprint density at radius 2 is 1.14 bits per heavy atom. The van der Waals surface area contributed by atoms with E-state index in [-0.39, 0.29) is 5.28 Å². The highest BCUT2D eigenvalue weighted by Gasteiger charge is 2.11. The van der Waals surface area contributed by atoms with Crippen LogP contribution in [0.4, 0.5) is 0 Å². The number of fused-ring (bicyclic) bond motifs is 1. The molecule has 4 aromatic carbocycles. The van der Waals surface area contributed by atoms with Crippen molar-refractivity contribution in [2.45, 2.75) is 0 Å². The van der Waals surface area contributed by atoms with Gasteiger partial charge in [-0.1, -0.05) is 91.0 Å². The summed E-state index contributed by atoms with van der Waals surface area (Å²) in [5, 5.41) is 2.61. The van der Waals surface area contributed by atoms with E-state index in [1.807, 2.05) is 42.5 Å². The summed E-state index contributed by atoms with van der Waals surface area (Å²) in [6.45, 7) is 0. The van der Waals surface area contributed by atoms with Crippen LogP contribution in [-0.4, -0.2) is 15.0 Å². The molecule has 0 atom stereocenters. The van der Waals surface area contributed by atoms with Crippen LogP contribution in [-0.2, 0) is 0 Å². The molecule has 0 unspecified atom stereocenters. The normalized spacial score (nSPS) is 10.9. The lowest BCUT2D eigenvalue weighted by molar-refractivity contribution is 1.07. The maximum absolute atomic E-state index is 6.22. The van der Waals surface area contributed by atoms with Crippen LogP contribution in [0.25, 0.3) is 44.7 Å². The number of hydrogen-bond acceptors (Lipinski definition) is 3. The molecule has 0 aliphatic rings. The fourth-order valence-electron chi connectivity index (χ4n) is 3.50. The summed E-state index contributed by atoms with van der Waals surface area (Å²) in [5.41, 5.74) is 4.09. The van der Waals surface area contributed by atoms with Gasteiger partial charge in [-0.25, -0.2) is 4.98 Å². The number of halogens is 1. The topological polar surface area (TPSA) is 38.7 Å². The zero-order chi connectivity index (χ0) is 19.6. The van der Waals surface area contributed by atoms with Crippen molar-refractivity contribution >= 4 is 22.4 Å². The molecule has 0 radical (unpaired) electrons. The minimum Gasteiger partial charge on any atom is -0.208 e. The number of aromatic nitrogens is 3. The van der Waals surface area contributed by atoms with Gasteiger partial charge in [-0.05, 0) is 39.6 Å². The molecule has 138 valence electrons. The lowest BCUT2D eigenvalue weighted by Crippen LogP contribution is -1.97. The molecule has 0 saturated heterocycles. The van der Waals surface area contributed by atoms with Crippen LogP contribution in [0.2, 0.25) is 5.28 Å². The minimum atomic E-state index is 0.185. The Labute approximate surface area is 173 Å². The third-order valence-corrected chi connectivity index (χ3v) is 5.03. The van der Waals surface area contributed by atoms with Gasteiger partial charge in [-0.2, -0.15) is 9.97 Å². The van der Waals surface area contributed by atoms with Crippen molar-refractivity contribution in [2.24, 2.45) is 0 Å². The molecule has 0 aliphatic heterocycles. The summed E-state index contributed by atoms with van der Waals surface area (Å²) in [7, 11) is 0. The Bertz CT molecular complexity index is 1310. The summed E-state index contributed by atoms with van der Waals surface area (Å²) in [6, 6.07) is 32.7. The Morgan fingerprint density at radius 3 is 2.00 bits per heavy atom. The molecule has 5 aromatic rings. The van der Waals surface area contributed by atoms with Gasteiger partial charge in [0.1, 0.15) is 0 Å². The molecule has 0 saturated carbocycles. The van der Waals surface area contributed by atoms with Gasteiger partial charge in [-0.15, -0.1) is 0 Å². The maximum Gasteiger partial charge on any atom is 0.226 e. The molecule has 0 spiro atoms. The molecule has 0 bridgehead atoms. The highest BCUT2D eigenvalue weighted by Crippen LogP contribution is 2.31. The van der Waals surface area contributed by atoms with Crippen LogP contribution < -0.4 is 0 Å². The van der Waals surface area contributed by atoms with Crippen LogP contribution in [0, 0.1) is 0 Å². The highest BCUT2D eigenvalue weighted by molar-refractivity contribution is 6.28. The van der Waals surface area contributed by atoms with E-state index in [2.05, 4.69) is 69.5 Å². The largest absolute Gasteiger partial charge is 0.226 e. The van der Waals surface area contributed by atoms with Gasteiger partial charge in [0.25, 0.3) is 0 Å². The summed E-state index contributed by atoms with van der Waals surface area (Å²) in [6.07, 6.45) is 0. The molecule has 1 heterocycles. The Morgan fingerprint density at radius 1 is 0.517 bits per heavy atom. The molecule has 1 aromatic heterocycles. The van der Waals surface area contributed by atoms with Crippen LogP contribution in [0.15, 0.2) is 97.1 Å². The predicted molar refractivity (Wildman–Crippen MR) is 119 cm³/mol. The van der Waals surface area contributed by atoms with E-state index >= 15 is 0 Å². The summed E-state index contributed by atoms with van der Waals surface area (Å²) >= 11 is 6.22. The summed E-state index contributed by atoms with van der Waals surface area (Å²) < 4.78 is 0. The average molecular weight is 394 g/mol. The molecule has 5 rings (SSSR count). The summed E-state index contributed by atoms with van der Waals surface area (Å²) in [5.74, 6) is 1.13. The van der Waals surface area contributed by atoms with Crippen LogP contribution in [0.5, 0.6) is 0 Å². The quantitative estimate of drug-likeness (QED) is 0.343. The first kappa shape index (κ1) is 17.5. The van der Waals surface area contributed by atoms with Gasteiger partial charge in [0, 0.05) is 11.1 Å². The van der Waals surface area contributed by atoms with Crippen LogP contribution >= 0.6 is 11.6 Å². The molecule has 0 amide bonds. The standard InChI is InChI=1S/C25H16ClN3/c26-25-28-23(18-9-2-1-3-10-18)27-24(29-25)20-13-6-12-19(16-20)22-15-7-11-17-8-4-5-14-21(17)22/h1-16H.